The third-order valence-electron chi connectivity index (χ3n) is 8.26. The van der Waals surface area contributed by atoms with Gasteiger partial charge in [-0.2, -0.15) is 0 Å². The van der Waals surface area contributed by atoms with Gasteiger partial charge in [0.05, 0.1) is 27.8 Å². The SMILES string of the molecule is Cc1ccc2c(c1)C(C)(N1C(=O)c3ccc(C(=O)c4ccc5c(c4)C(=O)N(C)C5=O)cc3C1=O)CC2(C)C. The molecule has 7 nitrogen and oxygen atoms in total. The topological polar surface area (TPSA) is 91.8 Å². The first kappa shape index (κ1) is 24.0. The summed E-state index contributed by atoms with van der Waals surface area (Å²) in [4.78, 5) is 67.8. The van der Waals surface area contributed by atoms with Gasteiger partial charge in [0, 0.05) is 18.2 Å². The number of imide groups is 2. The van der Waals surface area contributed by atoms with Crippen molar-refractivity contribution in [3.05, 3.63) is 105 Å². The fourth-order valence-corrected chi connectivity index (χ4v) is 6.44. The van der Waals surface area contributed by atoms with Crippen LogP contribution in [0.15, 0.2) is 54.6 Å². The number of aryl methyl sites for hydroxylation is 1. The Morgan fingerprint density at radius 1 is 0.684 bits per heavy atom. The molecule has 0 N–H and O–H groups in total. The number of hydrogen-bond donors (Lipinski definition) is 0. The molecule has 3 aromatic carbocycles. The van der Waals surface area contributed by atoms with Crippen LogP contribution in [-0.2, 0) is 11.0 Å². The number of ketones is 1. The molecule has 0 aromatic heterocycles. The first-order chi connectivity index (χ1) is 17.8. The molecule has 0 saturated heterocycles. The molecule has 0 fully saturated rings. The number of carbonyl (C=O) groups is 5. The molecule has 0 bridgehead atoms. The maximum atomic E-state index is 13.8. The molecule has 2 heterocycles. The fourth-order valence-electron chi connectivity index (χ4n) is 6.44. The van der Waals surface area contributed by atoms with Gasteiger partial charge in [-0.05, 0) is 61.1 Å². The number of benzene rings is 3. The summed E-state index contributed by atoms with van der Waals surface area (Å²) >= 11 is 0. The van der Waals surface area contributed by atoms with Crippen molar-refractivity contribution < 1.29 is 24.0 Å². The highest BCUT2D eigenvalue weighted by molar-refractivity contribution is 6.24. The monoisotopic (exact) mass is 506 g/mol. The highest BCUT2D eigenvalue weighted by Crippen LogP contribution is 2.53. The lowest BCUT2D eigenvalue weighted by molar-refractivity contribution is 0.0422. The van der Waals surface area contributed by atoms with Gasteiger partial charge in [-0.25, -0.2) is 0 Å². The van der Waals surface area contributed by atoms with Crippen molar-refractivity contribution in [2.24, 2.45) is 0 Å². The van der Waals surface area contributed by atoms with Crippen molar-refractivity contribution in [2.45, 2.75) is 45.1 Å². The van der Waals surface area contributed by atoms with Gasteiger partial charge in [0.15, 0.2) is 5.78 Å². The molecule has 0 saturated carbocycles. The lowest BCUT2D eigenvalue weighted by atomic mass is 9.84. The Balaban J connectivity index is 1.38. The van der Waals surface area contributed by atoms with E-state index in [0.29, 0.717) is 6.42 Å². The molecule has 4 amide bonds. The summed E-state index contributed by atoms with van der Waals surface area (Å²) < 4.78 is 0. The Morgan fingerprint density at radius 2 is 1.21 bits per heavy atom. The minimum absolute atomic E-state index is 0.174. The molecule has 2 aliphatic heterocycles. The molecule has 38 heavy (non-hydrogen) atoms. The molecule has 3 aliphatic rings. The average molecular weight is 507 g/mol. The molecule has 190 valence electrons. The molecule has 1 aliphatic carbocycles. The largest absolute Gasteiger partial charge is 0.289 e. The number of fused-ring (bicyclic) bond motifs is 3. The average Bonchev–Trinajstić information content (AvgIpc) is 3.35. The van der Waals surface area contributed by atoms with Gasteiger partial charge in [0.1, 0.15) is 0 Å². The van der Waals surface area contributed by atoms with E-state index in [0.717, 1.165) is 21.6 Å². The summed E-state index contributed by atoms with van der Waals surface area (Å²) in [5, 5.41) is 0. The summed E-state index contributed by atoms with van der Waals surface area (Å²) in [5.74, 6) is -2.08. The Kier molecular flexibility index (Phi) is 4.78. The van der Waals surface area contributed by atoms with Crippen LogP contribution in [0.1, 0.15) is 101 Å². The quantitative estimate of drug-likeness (QED) is 0.381. The van der Waals surface area contributed by atoms with E-state index < -0.39 is 29.0 Å². The van der Waals surface area contributed by atoms with Crippen LogP contribution in [0, 0.1) is 6.92 Å². The van der Waals surface area contributed by atoms with Crippen molar-refractivity contribution >= 4 is 29.4 Å². The standard InChI is InChI=1S/C31H26N2O5/c1-16-6-11-23-24(12-16)31(4,15-30(23,2)3)33-28(37)20-10-8-18(14-22(20)29(33)38)25(34)17-7-9-19-21(13-17)27(36)32(5)26(19)35/h6-14H,15H2,1-5H3. The fraction of sp³-hybridized carbons (Fsp3) is 0.258. The second-order valence-electron chi connectivity index (χ2n) is 11.3. The lowest BCUT2D eigenvalue weighted by Crippen LogP contribution is -2.46. The zero-order chi connectivity index (χ0) is 27.3. The summed E-state index contributed by atoms with van der Waals surface area (Å²) in [6.45, 7) is 8.17. The molecule has 1 unspecified atom stereocenters. The minimum Gasteiger partial charge on any atom is -0.289 e. The van der Waals surface area contributed by atoms with E-state index >= 15 is 0 Å². The van der Waals surface area contributed by atoms with Crippen molar-refractivity contribution in [3.63, 3.8) is 0 Å². The van der Waals surface area contributed by atoms with Gasteiger partial charge in [-0.1, -0.05) is 49.7 Å². The van der Waals surface area contributed by atoms with Crippen LogP contribution in [-0.4, -0.2) is 46.3 Å². The van der Waals surface area contributed by atoms with E-state index in [1.807, 2.05) is 19.9 Å². The first-order valence-corrected chi connectivity index (χ1v) is 12.5. The van der Waals surface area contributed by atoms with Crippen molar-refractivity contribution in [3.8, 4) is 0 Å². The van der Waals surface area contributed by atoms with Crippen LogP contribution in [0.4, 0.5) is 0 Å². The maximum absolute atomic E-state index is 13.8. The number of carbonyl (C=O) groups excluding carboxylic acids is 5. The van der Waals surface area contributed by atoms with Gasteiger partial charge in [-0.3, -0.25) is 33.8 Å². The first-order valence-electron chi connectivity index (χ1n) is 12.5. The Hall–Kier alpha value is -4.39. The summed E-state index contributed by atoms with van der Waals surface area (Å²) in [6, 6.07) is 15.1. The Bertz CT molecular complexity index is 1670. The highest BCUT2D eigenvalue weighted by atomic mass is 16.2. The van der Waals surface area contributed by atoms with E-state index in [4.69, 9.17) is 0 Å². The van der Waals surface area contributed by atoms with Crippen LogP contribution in [0.3, 0.4) is 0 Å². The predicted molar refractivity (Wildman–Crippen MR) is 139 cm³/mol. The van der Waals surface area contributed by atoms with E-state index in [1.165, 1.54) is 48.3 Å². The van der Waals surface area contributed by atoms with Crippen molar-refractivity contribution in [2.75, 3.05) is 7.05 Å². The van der Waals surface area contributed by atoms with Crippen LogP contribution < -0.4 is 0 Å². The van der Waals surface area contributed by atoms with Crippen molar-refractivity contribution in [1.82, 2.24) is 9.80 Å². The van der Waals surface area contributed by atoms with E-state index in [9.17, 15) is 24.0 Å². The number of hydrogen-bond acceptors (Lipinski definition) is 5. The third kappa shape index (κ3) is 3.05. The van der Waals surface area contributed by atoms with Gasteiger partial charge >= 0.3 is 0 Å². The summed E-state index contributed by atoms with van der Waals surface area (Å²) in [5.41, 5.74) is 3.41. The van der Waals surface area contributed by atoms with E-state index in [-0.39, 0.29) is 44.7 Å². The molecule has 0 spiro atoms. The van der Waals surface area contributed by atoms with Crippen LogP contribution in [0.5, 0.6) is 0 Å². The second kappa shape index (κ2) is 7.57. The molecule has 7 heteroatoms. The van der Waals surface area contributed by atoms with Gasteiger partial charge < -0.3 is 0 Å². The third-order valence-corrected chi connectivity index (χ3v) is 8.26. The van der Waals surface area contributed by atoms with Crippen LogP contribution in [0.2, 0.25) is 0 Å². The molecule has 1 atom stereocenters. The smallest absolute Gasteiger partial charge is 0.262 e. The van der Waals surface area contributed by atoms with Crippen LogP contribution >= 0.6 is 0 Å². The Labute approximate surface area is 220 Å². The molecule has 3 aromatic rings. The lowest BCUT2D eigenvalue weighted by Gasteiger charge is -2.36. The van der Waals surface area contributed by atoms with Crippen molar-refractivity contribution in [1.29, 1.82) is 0 Å². The molecule has 0 radical (unpaired) electrons. The zero-order valence-electron chi connectivity index (χ0n) is 21.8. The zero-order valence-corrected chi connectivity index (χ0v) is 21.8. The normalized spacial score (nSPS) is 21.2. The number of nitrogens with zero attached hydrogens (tertiary/aromatic N) is 2. The highest BCUT2D eigenvalue weighted by Gasteiger charge is 2.54. The predicted octanol–water partition coefficient (Wildman–Crippen LogP) is 4.64. The summed E-state index contributed by atoms with van der Waals surface area (Å²) in [6.07, 6.45) is 0.590. The molecule has 6 rings (SSSR count). The molecular weight excluding hydrogens is 480 g/mol. The number of rotatable bonds is 3. The van der Waals surface area contributed by atoms with Gasteiger partial charge in [0.25, 0.3) is 23.6 Å². The van der Waals surface area contributed by atoms with E-state index in [2.05, 4.69) is 26.0 Å². The van der Waals surface area contributed by atoms with Crippen LogP contribution in [0.25, 0.3) is 0 Å². The summed E-state index contributed by atoms with van der Waals surface area (Å²) in [7, 11) is 1.40. The number of amides is 4. The van der Waals surface area contributed by atoms with E-state index in [1.54, 1.807) is 0 Å². The van der Waals surface area contributed by atoms with Gasteiger partial charge in [-0.15, -0.1) is 0 Å². The van der Waals surface area contributed by atoms with Gasteiger partial charge in [0.2, 0.25) is 0 Å². The Morgan fingerprint density at radius 3 is 1.84 bits per heavy atom. The molecular formula is C31H26N2O5. The maximum Gasteiger partial charge on any atom is 0.262 e. The minimum atomic E-state index is -0.832. The second-order valence-corrected chi connectivity index (χ2v) is 11.3.